The van der Waals surface area contributed by atoms with Gasteiger partial charge in [0.05, 0.1) is 39.1 Å². The Morgan fingerprint density at radius 1 is 1.16 bits per heavy atom. The zero-order valence-corrected chi connectivity index (χ0v) is 18.3. The van der Waals surface area contributed by atoms with E-state index in [4.69, 9.17) is 25.8 Å². The molecule has 8 heteroatoms. The number of carbonyl (C=O) groups excluding carboxylic acids is 1. The van der Waals surface area contributed by atoms with Gasteiger partial charge in [0, 0.05) is 5.02 Å². The Morgan fingerprint density at radius 2 is 1.90 bits per heavy atom. The van der Waals surface area contributed by atoms with E-state index in [-0.39, 0.29) is 18.1 Å². The van der Waals surface area contributed by atoms with Gasteiger partial charge in [-0.25, -0.2) is 0 Å². The lowest BCUT2D eigenvalue weighted by Gasteiger charge is -2.24. The molecule has 0 saturated heterocycles. The van der Waals surface area contributed by atoms with Gasteiger partial charge in [-0.1, -0.05) is 29.8 Å². The summed E-state index contributed by atoms with van der Waals surface area (Å²) in [6.45, 7) is 2.84. The molecule has 31 heavy (non-hydrogen) atoms. The minimum absolute atomic E-state index is 0.133. The number of amides is 1. The fourth-order valence-corrected chi connectivity index (χ4v) is 3.72. The smallest absolute Gasteiger partial charge is 0.272 e. The number of fused-ring (bicyclic) bond motifs is 1. The van der Waals surface area contributed by atoms with Crippen molar-refractivity contribution in [2.45, 2.75) is 32.2 Å². The molecule has 2 atom stereocenters. The van der Waals surface area contributed by atoms with E-state index in [1.54, 1.807) is 20.3 Å². The maximum atomic E-state index is 12.8. The lowest BCUT2D eigenvalue weighted by atomic mass is 10.1. The first kappa shape index (κ1) is 21.2. The molecule has 1 aromatic heterocycles. The van der Waals surface area contributed by atoms with Gasteiger partial charge < -0.3 is 19.5 Å². The maximum absolute atomic E-state index is 12.8. The fraction of sp³-hybridized carbons (Fsp3) is 0.304. The standard InChI is InChI=1S/C23H24ClN3O4/c1-14(16-6-9-20(29-2)21(10-16)30-3)25-23(28)19-11-18-13-31-22(12-27(18)26-19)15-4-7-17(24)8-5-15/h4-11,14,22H,12-13H2,1-3H3,(H,25,28). The minimum atomic E-state index is -0.243. The van der Waals surface area contributed by atoms with E-state index in [9.17, 15) is 4.79 Å². The number of hydrogen-bond donors (Lipinski definition) is 1. The van der Waals surface area contributed by atoms with Crippen LogP contribution in [0, 0.1) is 0 Å². The van der Waals surface area contributed by atoms with E-state index < -0.39 is 0 Å². The number of nitrogens with zero attached hydrogens (tertiary/aromatic N) is 2. The second-order valence-electron chi connectivity index (χ2n) is 7.36. The molecule has 0 saturated carbocycles. The first-order valence-electron chi connectivity index (χ1n) is 9.95. The van der Waals surface area contributed by atoms with Gasteiger partial charge >= 0.3 is 0 Å². The highest BCUT2D eigenvalue weighted by molar-refractivity contribution is 6.30. The SMILES string of the molecule is COc1ccc(C(C)NC(=O)c2cc3n(n2)CC(c2ccc(Cl)cc2)OC3)cc1OC. The third kappa shape index (κ3) is 4.52. The second kappa shape index (κ2) is 8.99. The minimum Gasteiger partial charge on any atom is -0.493 e. The van der Waals surface area contributed by atoms with Gasteiger partial charge in [0.25, 0.3) is 5.91 Å². The lowest BCUT2D eigenvalue weighted by Crippen LogP contribution is -2.27. The van der Waals surface area contributed by atoms with E-state index in [2.05, 4.69) is 10.4 Å². The van der Waals surface area contributed by atoms with Gasteiger partial charge in [-0.15, -0.1) is 0 Å². The van der Waals surface area contributed by atoms with E-state index in [1.807, 2.05) is 54.1 Å². The molecule has 2 unspecified atom stereocenters. The third-order valence-electron chi connectivity index (χ3n) is 5.36. The van der Waals surface area contributed by atoms with Crippen LogP contribution in [0.25, 0.3) is 0 Å². The van der Waals surface area contributed by atoms with Crippen molar-refractivity contribution in [2.75, 3.05) is 14.2 Å². The van der Waals surface area contributed by atoms with Crippen LogP contribution in [0.1, 0.15) is 46.4 Å². The first-order chi connectivity index (χ1) is 15.0. The number of hydrogen-bond acceptors (Lipinski definition) is 5. The molecule has 1 amide bonds. The molecule has 162 valence electrons. The summed E-state index contributed by atoms with van der Waals surface area (Å²) in [5.41, 5.74) is 3.16. The highest BCUT2D eigenvalue weighted by atomic mass is 35.5. The van der Waals surface area contributed by atoms with Crippen LogP contribution in [0.5, 0.6) is 11.5 Å². The molecule has 2 aromatic carbocycles. The Hall–Kier alpha value is -3.03. The van der Waals surface area contributed by atoms with Crippen LogP contribution in [0.3, 0.4) is 0 Å². The van der Waals surface area contributed by atoms with E-state index in [0.29, 0.717) is 35.4 Å². The van der Waals surface area contributed by atoms with Crippen LogP contribution in [-0.2, 0) is 17.9 Å². The molecule has 0 aliphatic carbocycles. The third-order valence-corrected chi connectivity index (χ3v) is 5.62. The monoisotopic (exact) mass is 441 g/mol. The Bertz CT molecular complexity index is 1080. The van der Waals surface area contributed by atoms with Gasteiger partial charge in [0.1, 0.15) is 6.10 Å². The van der Waals surface area contributed by atoms with E-state index >= 15 is 0 Å². The number of nitrogens with one attached hydrogen (secondary N) is 1. The van der Waals surface area contributed by atoms with Gasteiger partial charge in [-0.05, 0) is 48.4 Å². The molecule has 0 radical (unpaired) electrons. The van der Waals surface area contributed by atoms with Crippen molar-refractivity contribution < 1.29 is 19.0 Å². The van der Waals surface area contributed by atoms with Crippen LogP contribution in [-0.4, -0.2) is 29.9 Å². The number of rotatable bonds is 6. The maximum Gasteiger partial charge on any atom is 0.272 e. The predicted octanol–water partition coefficient (Wildman–Crippen LogP) is 4.32. The van der Waals surface area contributed by atoms with Crippen molar-refractivity contribution in [1.82, 2.24) is 15.1 Å². The zero-order valence-electron chi connectivity index (χ0n) is 17.6. The van der Waals surface area contributed by atoms with Crippen molar-refractivity contribution in [2.24, 2.45) is 0 Å². The van der Waals surface area contributed by atoms with E-state index in [0.717, 1.165) is 16.8 Å². The average Bonchev–Trinajstić information content (AvgIpc) is 3.22. The van der Waals surface area contributed by atoms with E-state index in [1.165, 1.54) is 0 Å². The molecular formula is C23H24ClN3O4. The van der Waals surface area contributed by atoms with Gasteiger partial charge in [0.2, 0.25) is 0 Å². The summed E-state index contributed by atoms with van der Waals surface area (Å²) < 4.78 is 18.4. The molecule has 3 aromatic rings. The topological polar surface area (TPSA) is 74.6 Å². The van der Waals surface area contributed by atoms with Crippen LogP contribution in [0.4, 0.5) is 0 Å². The first-order valence-corrected chi connectivity index (χ1v) is 10.3. The van der Waals surface area contributed by atoms with Crippen molar-refractivity contribution in [3.8, 4) is 11.5 Å². The number of ether oxygens (including phenoxy) is 3. The number of halogens is 1. The number of aromatic nitrogens is 2. The Kier molecular flexibility index (Phi) is 6.15. The molecular weight excluding hydrogens is 418 g/mol. The summed E-state index contributed by atoms with van der Waals surface area (Å²) >= 11 is 5.97. The normalized spacial score (nSPS) is 16.3. The molecule has 2 heterocycles. The van der Waals surface area contributed by atoms with Crippen LogP contribution in [0.15, 0.2) is 48.5 Å². The lowest BCUT2D eigenvalue weighted by molar-refractivity contribution is -0.00119. The fourth-order valence-electron chi connectivity index (χ4n) is 3.59. The molecule has 1 N–H and O–H groups in total. The van der Waals surface area contributed by atoms with Crippen LogP contribution in [0.2, 0.25) is 5.02 Å². The largest absolute Gasteiger partial charge is 0.493 e. The molecule has 0 bridgehead atoms. The average molecular weight is 442 g/mol. The molecule has 4 rings (SSSR count). The quantitative estimate of drug-likeness (QED) is 0.616. The van der Waals surface area contributed by atoms with Gasteiger partial charge in [0.15, 0.2) is 17.2 Å². The van der Waals surface area contributed by atoms with Crippen molar-refractivity contribution in [3.05, 3.63) is 76.1 Å². The summed E-state index contributed by atoms with van der Waals surface area (Å²) in [6, 6.07) is 14.7. The number of methoxy groups -OCH3 is 2. The summed E-state index contributed by atoms with van der Waals surface area (Å²) in [4.78, 5) is 12.8. The summed E-state index contributed by atoms with van der Waals surface area (Å²) in [7, 11) is 3.17. The van der Waals surface area contributed by atoms with Crippen molar-refractivity contribution >= 4 is 17.5 Å². The van der Waals surface area contributed by atoms with Crippen LogP contribution < -0.4 is 14.8 Å². The Balaban J connectivity index is 1.45. The number of benzene rings is 2. The van der Waals surface area contributed by atoms with Crippen molar-refractivity contribution in [3.63, 3.8) is 0 Å². The molecule has 1 aliphatic heterocycles. The second-order valence-corrected chi connectivity index (χ2v) is 7.80. The molecule has 0 fully saturated rings. The predicted molar refractivity (Wildman–Crippen MR) is 117 cm³/mol. The molecule has 1 aliphatic rings. The highest BCUT2D eigenvalue weighted by Crippen LogP contribution is 2.30. The number of carbonyl (C=O) groups is 1. The van der Waals surface area contributed by atoms with Crippen molar-refractivity contribution in [1.29, 1.82) is 0 Å². The zero-order chi connectivity index (χ0) is 22.0. The summed E-state index contributed by atoms with van der Waals surface area (Å²) in [5.74, 6) is 1.01. The van der Waals surface area contributed by atoms with Gasteiger partial charge in [-0.2, -0.15) is 5.10 Å². The molecule has 7 nitrogen and oxygen atoms in total. The highest BCUT2D eigenvalue weighted by Gasteiger charge is 2.25. The summed E-state index contributed by atoms with van der Waals surface area (Å²) in [6.07, 6.45) is -0.133. The summed E-state index contributed by atoms with van der Waals surface area (Å²) in [5, 5.41) is 8.18. The Morgan fingerprint density at radius 3 is 2.61 bits per heavy atom. The Labute approximate surface area is 185 Å². The van der Waals surface area contributed by atoms with Gasteiger partial charge in [-0.3, -0.25) is 9.48 Å². The van der Waals surface area contributed by atoms with Crippen LogP contribution >= 0.6 is 11.6 Å². The molecule has 0 spiro atoms.